The van der Waals surface area contributed by atoms with Crippen molar-refractivity contribution in [3.05, 3.63) is 42.1 Å². The third kappa shape index (κ3) is 2.68. The molecular weight excluding hydrogens is 231 g/mol. The van der Waals surface area contributed by atoms with Crippen molar-refractivity contribution in [3.8, 4) is 11.5 Å². The highest BCUT2D eigenvalue weighted by Crippen LogP contribution is 2.19. The fourth-order valence-electron chi connectivity index (χ4n) is 1.66. The molecule has 1 aliphatic carbocycles. The van der Waals surface area contributed by atoms with Crippen LogP contribution >= 0.6 is 0 Å². The summed E-state index contributed by atoms with van der Waals surface area (Å²) in [5.41, 5.74) is 1.52. The van der Waals surface area contributed by atoms with E-state index in [-0.39, 0.29) is 5.82 Å². The summed E-state index contributed by atoms with van der Waals surface area (Å²) < 4.78 is 12.8. The van der Waals surface area contributed by atoms with Gasteiger partial charge in [0.25, 0.3) is 0 Å². The summed E-state index contributed by atoms with van der Waals surface area (Å²) in [6.45, 7) is 0.737. The van der Waals surface area contributed by atoms with E-state index in [0.717, 1.165) is 12.2 Å². The maximum atomic E-state index is 12.8. The van der Waals surface area contributed by atoms with Crippen molar-refractivity contribution in [3.63, 3.8) is 0 Å². The van der Waals surface area contributed by atoms with Gasteiger partial charge in [0.1, 0.15) is 11.5 Å². The quantitative estimate of drug-likeness (QED) is 0.892. The molecule has 2 heterocycles. The van der Waals surface area contributed by atoms with Crippen LogP contribution in [-0.2, 0) is 6.54 Å². The van der Waals surface area contributed by atoms with Gasteiger partial charge in [-0.05, 0) is 31.0 Å². The Labute approximate surface area is 104 Å². The second kappa shape index (κ2) is 4.78. The predicted octanol–water partition coefficient (Wildman–Crippen LogP) is 1.93. The molecule has 18 heavy (non-hydrogen) atoms. The first-order valence-electron chi connectivity index (χ1n) is 5.98. The van der Waals surface area contributed by atoms with E-state index >= 15 is 0 Å². The second-order valence-electron chi connectivity index (χ2n) is 4.39. The van der Waals surface area contributed by atoms with Crippen LogP contribution in [0.25, 0.3) is 11.5 Å². The average molecular weight is 244 g/mol. The van der Waals surface area contributed by atoms with Crippen LogP contribution < -0.4 is 5.32 Å². The molecular formula is C13H13FN4. The minimum Gasteiger partial charge on any atom is -0.308 e. The number of halogens is 1. The first kappa shape index (κ1) is 11.2. The first-order valence-corrected chi connectivity index (χ1v) is 5.98. The topological polar surface area (TPSA) is 50.7 Å². The van der Waals surface area contributed by atoms with Crippen LogP contribution in [0.5, 0.6) is 0 Å². The zero-order chi connectivity index (χ0) is 12.4. The highest BCUT2D eigenvalue weighted by Gasteiger charge is 2.20. The number of nitrogens with one attached hydrogen (secondary N) is 1. The van der Waals surface area contributed by atoms with E-state index in [1.165, 1.54) is 25.1 Å². The van der Waals surface area contributed by atoms with Gasteiger partial charge in [0.05, 0.1) is 11.9 Å². The lowest BCUT2D eigenvalue weighted by Crippen LogP contribution is -2.16. The van der Waals surface area contributed by atoms with Crippen molar-refractivity contribution in [2.75, 3.05) is 0 Å². The third-order valence-corrected chi connectivity index (χ3v) is 2.82. The zero-order valence-corrected chi connectivity index (χ0v) is 9.81. The SMILES string of the molecule is Fc1ccc(-c2nccc(CNC3CC3)n2)nc1. The highest BCUT2D eigenvalue weighted by atomic mass is 19.1. The number of aromatic nitrogens is 3. The van der Waals surface area contributed by atoms with Gasteiger partial charge in [0.15, 0.2) is 5.82 Å². The van der Waals surface area contributed by atoms with Gasteiger partial charge in [0.2, 0.25) is 0 Å². The summed E-state index contributed by atoms with van der Waals surface area (Å²) >= 11 is 0. The number of nitrogens with zero attached hydrogens (tertiary/aromatic N) is 3. The van der Waals surface area contributed by atoms with Gasteiger partial charge in [-0.25, -0.2) is 19.3 Å². The molecule has 1 aliphatic rings. The minimum absolute atomic E-state index is 0.356. The Morgan fingerprint density at radius 1 is 1.22 bits per heavy atom. The fourth-order valence-corrected chi connectivity index (χ4v) is 1.66. The van der Waals surface area contributed by atoms with Crippen LogP contribution in [0, 0.1) is 5.82 Å². The third-order valence-electron chi connectivity index (χ3n) is 2.82. The van der Waals surface area contributed by atoms with Crippen molar-refractivity contribution in [1.29, 1.82) is 0 Å². The molecule has 0 aliphatic heterocycles. The van der Waals surface area contributed by atoms with Crippen LogP contribution in [-0.4, -0.2) is 21.0 Å². The van der Waals surface area contributed by atoms with Crippen molar-refractivity contribution in [2.24, 2.45) is 0 Å². The average Bonchev–Trinajstić information content (AvgIpc) is 3.22. The Kier molecular flexibility index (Phi) is 2.98. The van der Waals surface area contributed by atoms with Crippen LogP contribution in [0.4, 0.5) is 4.39 Å². The van der Waals surface area contributed by atoms with Gasteiger partial charge in [-0.15, -0.1) is 0 Å². The maximum absolute atomic E-state index is 12.8. The zero-order valence-electron chi connectivity index (χ0n) is 9.81. The molecule has 1 saturated carbocycles. The number of pyridine rings is 1. The second-order valence-corrected chi connectivity index (χ2v) is 4.39. The molecule has 4 nitrogen and oxygen atoms in total. The number of hydrogen-bond donors (Lipinski definition) is 1. The van der Waals surface area contributed by atoms with Gasteiger partial charge in [-0.3, -0.25) is 0 Å². The summed E-state index contributed by atoms with van der Waals surface area (Å²) in [5.74, 6) is 0.176. The van der Waals surface area contributed by atoms with Crippen molar-refractivity contribution >= 4 is 0 Å². The molecule has 0 saturated heterocycles. The van der Waals surface area contributed by atoms with Gasteiger partial charge in [0, 0.05) is 18.8 Å². The lowest BCUT2D eigenvalue weighted by molar-refractivity contribution is 0.621. The van der Waals surface area contributed by atoms with Crippen LogP contribution in [0.3, 0.4) is 0 Å². The lowest BCUT2D eigenvalue weighted by atomic mass is 10.3. The predicted molar refractivity (Wildman–Crippen MR) is 65.1 cm³/mol. The molecule has 0 radical (unpaired) electrons. The summed E-state index contributed by atoms with van der Waals surface area (Å²) in [4.78, 5) is 12.5. The molecule has 0 aromatic carbocycles. The molecule has 2 aromatic heterocycles. The largest absolute Gasteiger partial charge is 0.308 e. The van der Waals surface area contributed by atoms with Crippen LogP contribution in [0.1, 0.15) is 18.5 Å². The van der Waals surface area contributed by atoms with Gasteiger partial charge < -0.3 is 5.32 Å². The Balaban J connectivity index is 1.78. The molecule has 0 atom stereocenters. The Bertz CT molecular complexity index is 537. The van der Waals surface area contributed by atoms with Crippen LogP contribution in [0.2, 0.25) is 0 Å². The molecule has 3 rings (SSSR count). The highest BCUT2D eigenvalue weighted by molar-refractivity contribution is 5.48. The van der Waals surface area contributed by atoms with Gasteiger partial charge in [-0.1, -0.05) is 0 Å². The molecule has 2 aromatic rings. The molecule has 1 N–H and O–H groups in total. The van der Waals surface area contributed by atoms with Gasteiger partial charge in [-0.2, -0.15) is 0 Å². The summed E-state index contributed by atoms with van der Waals surface area (Å²) in [5, 5.41) is 3.39. The van der Waals surface area contributed by atoms with Crippen molar-refractivity contribution in [2.45, 2.75) is 25.4 Å². The van der Waals surface area contributed by atoms with Crippen molar-refractivity contribution in [1.82, 2.24) is 20.3 Å². The Morgan fingerprint density at radius 2 is 2.11 bits per heavy atom. The molecule has 1 fully saturated rings. The standard InChI is InChI=1S/C13H13FN4/c14-9-1-4-12(17-7-9)13-15-6-5-11(18-13)8-16-10-2-3-10/h1,4-7,10,16H,2-3,8H2. The summed E-state index contributed by atoms with van der Waals surface area (Å²) in [6.07, 6.45) is 5.38. The summed E-state index contributed by atoms with van der Waals surface area (Å²) in [7, 11) is 0. The molecule has 0 bridgehead atoms. The van der Waals surface area contributed by atoms with E-state index in [4.69, 9.17) is 0 Å². The molecule has 0 unspecified atom stereocenters. The van der Waals surface area contributed by atoms with E-state index < -0.39 is 0 Å². The number of hydrogen-bond acceptors (Lipinski definition) is 4. The normalized spacial score (nSPS) is 14.7. The van der Waals surface area contributed by atoms with Crippen molar-refractivity contribution < 1.29 is 4.39 Å². The summed E-state index contributed by atoms with van der Waals surface area (Å²) in [6, 6.07) is 5.47. The molecule has 92 valence electrons. The fraction of sp³-hybridized carbons (Fsp3) is 0.308. The van der Waals surface area contributed by atoms with E-state index in [2.05, 4.69) is 20.3 Å². The number of rotatable bonds is 4. The molecule has 5 heteroatoms. The molecule has 0 amide bonds. The first-order chi connectivity index (χ1) is 8.81. The Hall–Kier alpha value is -1.88. The molecule has 0 spiro atoms. The smallest absolute Gasteiger partial charge is 0.178 e. The van der Waals surface area contributed by atoms with E-state index in [1.807, 2.05) is 6.07 Å². The van der Waals surface area contributed by atoms with E-state index in [1.54, 1.807) is 12.3 Å². The Morgan fingerprint density at radius 3 is 2.83 bits per heavy atom. The monoisotopic (exact) mass is 244 g/mol. The van der Waals surface area contributed by atoms with E-state index in [0.29, 0.717) is 17.6 Å². The van der Waals surface area contributed by atoms with E-state index in [9.17, 15) is 4.39 Å². The lowest BCUT2D eigenvalue weighted by Gasteiger charge is -2.04. The minimum atomic E-state index is -0.356. The van der Waals surface area contributed by atoms with Crippen LogP contribution in [0.15, 0.2) is 30.6 Å². The van der Waals surface area contributed by atoms with Gasteiger partial charge >= 0.3 is 0 Å². The maximum Gasteiger partial charge on any atom is 0.178 e.